The Morgan fingerprint density at radius 3 is 2.52 bits per heavy atom. The number of hydrogen-bond donors (Lipinski definition) is 1. The number of ether oxygens (including phenoxy) is 1. The quantitative estimate of drug-likeness (QED) is 0.542. The Hall–Kier alpha value is -2.85. The minimum absolute atomic E-state index is 0.0721. The van der Waals surface area contributed by atoms with Crippen LogP contribution in [0, 0.1) is 0 Å². The monoisotopic (exact) mass is 416 g/mol. The molecular weight excluding hydrogens is 384 g/mol. The SMILES string of the molecule is CC[C@@H](Oc1ccc2ccccc2c1)C(=O)NCc1cccc(CN2CCCCC2)c1. The molecule has 0 radical (unpaired) electrons. The molecule has 1 N–H and O–H groups in total. The van der Waals surface area contributed by atoms with Crippen molar-refractivity contribution in [1.29, 1.82) is 0 Å². The lowest BCUT2D eigenvalue weighted by Crippen LogP contribution is -2.37. The molecule has 1 amide bonds. The summed E-state index contributed by atoms with van der Waals surface area (Å²) in [5.41, 5.74) is 2.44. The van der Waals surface area contributed by atoms with Crippen molar-refractivity contribution in [2.75, 3.05) is 13.1 Å². The van der Waals surface area contributed by atoms with Gasteiger partial charge < -0.3 is 10.1 Å². The smallest absolute Gasteiger partial charge is 0.261 e. The molecule has 4 heteroatoms. The number of likely N-dealkylation sites (tertiary alicyclic amines) is 1. The average Bonchev–Trinajstić information content (AvgIpc) is 2.82. The summed E-state index contributed by atoms with van der Waals surface area (Å²) in [4.78, 5) is 15.3. The molecule has 1 aliphatic rings. The van der Waals surface area contributed by atoms with Crippen LogP contribution in [0.15, 0.2) is 66.7 Å². The molecule has 162 valence electrons. The van der Waals surface area contributed by atoms with Crippen molar-refractivity contribution in [3.63, 3.8) is 0 Å². The van der Waals surface area contributed by atoms with E-state index in [-0.39, 0.29) is 5.91 Å². The summed E-state index contributed by atoms with van der Waals surface area (Å²) in [6, 6.07) is 22.7. The number of rotatable bonds is 8. The summed E-state index contributed by atoms with van der Waals surface area (Å²) in [5, 5.41) is 5.34. The zero-order valence-corrected chi connectivity index (χ0v) is 18.3. The topological polar surface area (TPSA) is 41.6 Å². The molecule has 0 spiro atoms. The van der Waals surface area contributed by atoms with Crippen molar-refractivity contribution in [3.05, 3.63) is 77.9 Å². The Morgan fingerprint density at radius 1 is 0.935 bits per heavy atom. The van der Waals surface area contributed by atoms with E-state index >= 15 is 0 Å². The summed E-state index contributed by atoms with van der Waals surface area (Å²) in [6.45, 7) is 5.86. The Morgan fingerprint density at radius 2 is 1.71 bits per heavy atom. The van der Waals surface area contributed by atoms with Crippen molar-refractivity contribution in [3.8, 4) is 5.75 Å². The number of nitrogens with zero attached hydrogens (tertiary/aromatic N) is 1. The predicted octanol–water partition coefficient (Wildman–Crippen LogP) is 5.30. The van der Waals surface area contributed by atoms with Gasteiger partial charge in [-0.2, -0.15) is 0 Å². The number of carbonyl (C=O) groups excluding carboxylic acids is 1. The Kier molecular flexibility index (Phi) is 7.21. The van der Waals surface area contributed by atoms with Crippen molar-refractivity contribution in [2.24, 2.45) is 0 Å². The highest BCUT2D eigenvalue weighted by Gasteiger charge is 2.18. The molecular formula is C27H32N2O2. The predicted molar refractivity (Wildman–Crippen MR) is 126 cm³/mol. The Bertz CT molecular complexity index is 1010. The number of carbonyl (C=O) groups is 1. The van der Waals surface area contributed by atoms with Gasteiger partial charge >= 0.3 is 0 Å². The van der Waals surface area contributed by atoms with Crippen molar-refractivity contribution in [2.45, 2.75) is 51.8 Å². The van der Waals surface area contributed by atoms with Crippen molar-refractivity contribution >= 4 is 16.7 Å². The lowest BCUT2D eigenvalue weighted by Gasteiger charge is -2.26. The van der Waals surface area contributed by atoms with Gasteiger partial charge in [-0.15, -0.1) is 0 Å². The van der Waals surface area contributed by atoms with E-state index in [0.717, 1.165) is 28.6 Å². The molecule has 4 rings (SSSR count). The minimum Gasteiger partial charge on any atom is -0.481 e. The molecule has 1 saturated heterocycles. The van der Waals surface area contributed by atoms with Crippen LogP contribution in [0.1, 0.15) is 43.7 Å². The molecule has 0 saturated carbocycles. The summed E-state index contributed by atoms with van der Waals surface area (Å²) >= 11 is 0. The normalized spacial score (nSPS) is 15.5. The highest BCUT2D eigenvalue weighted by molar-refractivity contribution is 5.84. The van der Waals surface area contributed by atoms with Gasteiger partial charge in [-0.05, 0) is 66.4 Å². The fourth-order valence-corrected chi connectivity index (χ4v) is 4.24. The molecule has 31 heavy (non-hydrogen) atoms. The van der Waals surface area contributed by atoms with Gasteiger partial charge in [0.2, 0.25) is 0 Å². The molecule has 0 unspecified atom stereocenters. The molecule has 0 aliphatic carbocycles. The highest BCUT2D eigenvalue weighted by Crippen LogP contribution is 2.22. The zero-order valence-electron chi connectivity index (χ0n) is 18.3. The third-order valence-electron chi connectivity index (χ3n) is 5.98. The molecule has 0 aromatic heterocycles. The van der Waals surface area contributed by atoms with Crippen LogP contribution < -0.4 is 10.1 Å². The fourth-order valence-electron chi connectivity index (χ4n) is 4.24. The summed E-state index contributed by atoms with van der Waals surface area (Å²) in [6.07, 6.45) is 4.06. The number of nitrogens with one attached hydrogen (secondary N) is 1. The van der Waals surface area contributed by atoms with E-state index in [1.807, 2.05) is 37.3 Å². The third kappa shape index (κ3) is 5.86. The first-order chi connectivity index (χ1) is 15.2. The summed E-state index contributed by atoms with van der Waals surface area (Å²) < 4.78 is 6.03. The van der Waals surface area contributed by atoms with Crippen LogP contribution in [-0.4, -0.2) is 30.0 Å². The van der Waals surface area contributed by atoms with Crippen molar-refractivity contribution < 1.29 is 9.53 Å². The summed E-state index contributed by atoms with van der Waals surface area (Å²) in [7, 11) is 0. The molecule has 3 aromatic carbocycles. The number of hydrogen-bond acceptors (Lipinski definition) is 3. The van der Waals surface area contributed by atoms with Crippen LogP contribution in [0.4, 0.5) is 0 Å². The fraction of sp³-hybridized carbons (Fsp3) is 0.370. The van der Waals surface area contributed by atoms with Crippen LogP contribution in [-0.2, 0) is 17.9 Å². The first-order valence-corrected chi connectivity index (χ1v) is 11.4. The molecule has 4 nitrogen and oxygen atoms in total. The van der Waals surface area contributed by atoms with Gasteiger partial charge in [0.1, 0.15) is 5.75 Å². The van der Waals surface area contributed by atoms with Gasteiger partial charge in [0.15, 0.2) is 6.10 Å². The van der Waals surface area contributed by atoms with Gasteiger partial charge in [0.05, 0.1) is 0 Å². The maximum atomic E-state index is 12.8. The number of amides is 1. The molecule has 1 heterocycles. The zero-order chi connectivity index (χ0) is 21.5. The van der Waals surface area contributed by atoms with E-state index in [0.29, 0.717) is 13.0 Å². The first kappa shape index (κ1) is 21.4. The van der Waals surface area contributed by atoms with Gasteiger partial charge in [-0.25, -0.2) is 0 Å². The van der Waals surface area contributed by atoms with Crippen LogP contribution in [0.5, 0.6) is 5.75 Å². The van der Waals surface area contributed by atoms with E-state index in [4.69, 9.17) is 4.74 Å². The van der Waals surface area contributed by atoms with Gasteiger partial charge in [-0.1, -0.05) is 67.9 Å². The van der Waals surface area contributed by atoms with Gasteiger partial charge in [-0.3, -0.25) is 9.69 Å². The Balaban J connectivity index is 1.33. The van der Waals surface area contributed by atoms with Gasteiger partial charge in [0, 0.05) is 13.1 Å². The van der Waals surface area contributed by atoms with E-state index in [9.17, 15) is 4.79 Å². The third-order valence-corrected chi connectivity index (χ3v) is 5.98. The second kappa shape index (κ2) is 10.5. The molecule has 1 fully saturated rings. The highest BCUT2D eigenvalue weighted by atomic mass is 16.5. The number of benzene rings is 3. The maximum Gasteiger partial charge on any atom is 0.261 e. The van der Waals surface area contributed by atoms with Crippen LogP contribution in [0.3, 0.4) is 0 Å². The Labute approximate surface area is 185 Å². The molecule has 0 bridgehead atoms. The minimum atomic E-state index is -0.502. The maximum absolute atomic E-state index is 12.8. The van der Waals surface area contributed by atoms with Crippen LogP contribution in [0.2, 0.25) is 0 Å². The number of piperidine rings is 1. The largest absolute Gasteiger partial charge is 0.481 e. The van der Waals surface area contributed by atoms with E-state index in [2.05, 4.69) is 46.6 Å². The molecule has 1 aliphatic heterocycles. The van der Waals surface area contributed by atoms with E-state index < -0.39 is 6.10 Å². The van der Waals surface area contributed by atoms with E-state index in [1.54, 1.807) is 0 Å². The molecule has 3 aromatic rings. The first-order valence-electron chi connectivity index (χ1n) is 11.4. The average molecular weight is 417 g/mol. The lowest BCUT2D eigenvalue weighted by atomic mass is 10.1. The van der Waals surface area contributed by atoms with E-state index in [1.165, 1.54) is 37.9 Å². The molecule has 1 atom stereocenters. The second-order valence-corrected chi connectivity index (χ2v) is 8.40. The van der Waals surface area contributed by atoms with Crippen molar-refractivity contribution in [1.82, 2.24) is 10.2 Å². The standard InChI is InChI=1S/C27H32N2O2/c1-2-26(31-25-14-13-23-11-4-5-12-24(23)18-25)27(30)28-19-21-9-8-10-22(17-21)20-29-15-6-3-7-16-29/h4-5,8-14,17-18,26H,2-3,6-7,15-16,19-20H2,1H3,(H,28,30)/t26-/m1/s1. The lowest BCUT2D eigenvalue weighted by molar-refractivity contribution is -0.128. The van der Waals surface area contributed by atoms with Gasteiger partial charge in [0.25, 0.3) is 5.91 Å². The van der Waals surface area contributed by atoms with Crippen LogP contribution >= 0.6 is 0 Å². The van der Waals surface area contributed by atoms with Crippen LogP contribution in [0.25, 0.3) is 10.8 Å². The summed E-state index contributed by atoms with van der Waals surface area (Å²) in [5.74, 6) is 0.654. The number of fused-ring (bicyclic) bond motifs is 1. The second-order valence-electron chi connectivity index (χ2n) is 8.40.